The van der Waals surface area contributed by atoms with E-state index in [2.05, 4.69) is 29.2 Å². The van der Waals surface area contributed by atoms with Crippen LogP contribution < -0.4 is 5.32 Å². The Morgan fingerprint density at radius 2 is 1.11 bits per heavy atom. The maximum atomic E-state index is 12.4. The van der Waals surface area contributed by atoms with Crippen LogP contribution in [0.3, 0.4) is 0 Å². The lowest BCUT2D eigenvalue weighted by Crippen LogP contribution is -2.42. The first kappa shape index (κ1) is 33.2. The Bertz CT molecular complexity index is 549. The van der Waals surface area contributed by atoms with Gasteiger partial charge in [-0.25, -0.2) is 0 Å². The van der Waals surface area contributed by atoms with E-state index in [1.807, 2.05) is 0 Å². The molecular weight excluding hydrogens is 438 g/mol. The highest BCUT2D eigenvalue weighted by molar-refractivity contribution is 5.85. The van der Waals surface area contributed by atoms with Crippen molar-refractivity contribution in [2.24, 2.45) is 5.11 Å². The minimum Gasteiger partial charge on any atom is -0.355 e. The molecular formula is C28H55N5O2. The summed E-state index contributed by atoms with van der Waals surface area (Å²) < 4.78 is 0. The molecule has 0 saturated carbocycles. The standard InChI is InChI=1S/C28H55N5O2/c1-3-5-7-9-11-13-15-17-19-21-23-30-27(34)26-33(28(35)25-31-32-29)24-22-20-18-16-14-12-10-8-6-4-2/h3-26H2,1-2H3,(H,30,34). The predicted molar refractivity (Wildman–Crippen MR) is 147 cm³/mol. The molecule has 0 aliphatic rings. The van der Waals surface area contributed by atoms with Gasteiger partial charge in [-0.3, -0.25) is 9.59 Å². The zero-order valence-corrected chi connectivity index (χ0v) is 23.1. The van der Waals surface area contributed by atoms with E-state index in [0.717, 1.165) is 32.1 Å². The summed E-state index contributed by atoms with van der Waals surface area (Å²) in [5, 5.41) is 6.34. The molecule has 0 fully saturated rings. The van der Waals surface area contributed by atoms with Crippen LogP contribution in [0.25, 0.3) is 10.4 Å². The lowest BCUT2D eigenvalue weighted by Gasteiger charge is -2.21. The lowest BCUT2D eigenvalue weighted by atomic mass is 10.1. The zero-order valence-electron chi connectivity index (χ0n) is 23.1. The third-order valence-electron chi connectivity index (χ3n) is 6.59. The molecule has 0 aliphatic carbocycles. The monoisotopic (exact) mass is 493 g/mol. The van der Waals surface area contributed by atoms with E-state index < -0.39 is 0 Å². The van der Waals surface area contributed by atoms with Crippen molar-refractivity contribution < 1.29 is 9.59 Å². The van der Waals surface area contributed by atoms with Crippen molar-refractivity contribution >= 4 is 11.8 Å². The first-order valence-corrected chi connectivity index (χ1v) is 14.7. The molecule has 1 N–H and O–H groups in total. The molecule has 0 spiro atoms. The van der Waals surface area contributed by atoms with Gasteiger partial charge in [-0.15, -0.1) is 0 Å². The maximum absolute atomic E-state index is 12.4. The summed E-state index contributed by atoms with van der Waals surface area (Å²) >= 11 is 0. The summed E-state index contributed by atoms with van der Waals surface area (Å²) in [4.78, 5) is 29.0. The molecule has 0 radical (unpaired) electrons. The molecule has 0 heterocycles. The average molecular weight is 494 g/mol. The van der Waals surface area contributed by atoms with Crippen LogP contribution >= 0.6 is 0 Å². The highest BCUT2D eigenvalue weighted by Gasteiger charge is 2.16. The van der Waals surface area contributed by atoms with Crippen molar-refractivity contribution in [3.8, 4) is 0 Å². The molecule has 0 rings (SSSR count). The molecule has 0 atom stereocenters. The van der Waals surface area contributed by atoms with E-state index in [1.165, 1.54) is 96.3 Å². The van der Waals surface area contributed by atoms with E-state index in [1.54, 1.807) is 4.90 Å². The van der Waals surface area contributed by atoms with Gasteiger partial charge in [0, 0.05) is 18.0 Å². The van der Waals surface area contributed by atoms with Crippen LogP contribution in [0.5, 0.6) is 0 Å². The number of carbonyl (C=O) groups is 2. The number of unbranched alkanes of at least 4 members (excludes halogenated alkanes) is 18. The van der Waals surface area contributed by atoms with Gasteiger partial charge in [0.05, 0.1) is 6.54 Å². The number of nitrogens with zero attached hydrogens (tertiary/aromatic N) is 4. The molecule has 7 nitrogen and oxygen atoms in total. The zero-order chi connectivity index (χ0) is 25.8. The highest BCUT2D eigenvalue weighted by Crippen LogP contribution is 2.12. The Kier molecular flexibility index (Phi) is 25.5. The van der Waals surface area contributed by atoms with Crippen LogP contribution in [0.4, 0.5) is 0 Å². The van der Waals surface area contributed by atoms with Crippen LogP contribution in [0.2, 0.25) is 0 Å². The van der Waals surface area contributed by atoms with Crippen LogP contribution in [-0.4, -0.2) is 42.9 Å². The Hall–Kier alpha value is -1.75. The smallest absolute Gasteiger partial charge is 0.239 e. The van der Waals surface area contributed by atoms with Crippen LogP contribution in [0.1, 0.15) is 142 Å². The maximum Gasteiger partial charge on any atom is 0.239 e. The van der Waals surface area contributed by atoms with Gasteiger partial charge in [0.2, 0.25) is 11.8 Å². The van der Waals surface area contributed by atoms with Gasteiger partial charge in [0.15, 0.2) is 0 Å². The molecule has 204 valence electrons. The fraction of sp³-hybridized carbons (Fsp3) is 0.929. The Morgan fingerprint density at radius 3 is 1.57 bits per heavy atom. The first-order chi connectivity index (χ1) is 17.2. The number of amides is 2. The molecule has 0 aromatic heterocycles. The summed E-state index contributed by atoms with van der Waals surface area (Å²) in [7, 11) is 0. The predicted octanol–water partition coefficient (Wildman–Crippen LogP) is 8.08. The normalized spacial score (nSPS) is 10.7. The van der Waals surface area contributed by atoms with Crippen LogP contribution in [-0.2, 0) is 9.59 Å². The average Bonchev–Trinajstić information content (AvgIpc) is 2.86. The Labute approximate surface area is 215 Å². The second kappa shape index (κ2) is 26.8. The fourth-order valence-corrected chi connectivity index (χ4v) is 4.34. The van der Waals surface area contributed by atoms with Gasteiger partial charge in [-0.2, -0.15) is 0 Å². The fourth-order valence-electron chi connectivity index (χ4n) is 4.34. The quantitative estimate of drug-likeness (QED) is 0.0570. The van der Waals surface area contributed by atoms with Gasteiger partial charge < -0.3 is 10.2 Å². The van der Waals surface area contributed by atoms with Crippen molar-refractivity contribution in [1.29, 1.82) is 0 Å². The molecule has 0 saturated heterocycles. The van der Waals surface area contributed by atoms with Crippen molar-refractivity contribution in [1.82, 2.24) is 10.2 Å². The molecule has 0 aromatic rings. The van der Waals surface area contributed by atoms with Gasteiger partial charge in [0.25, 0.3) is 0 Å². The third kappa shape index (κ3) is 23.7. The number of hydrogen-bond donors (Lipinski definition) is 1. The topological polar surface area (TPSA) is 98.2 Å². The summed E-state index contributed by atoms with van der Waals surface area (Å²) in [6, 6.07) is 0. The number of carbonyl (C=O) groups excluding carboxylic acids is 2. The summed E-state index contributed by atoms with van der Waals surface area (Å²) in [6.45, 7) is 5.52. The minimum atomic E-state index is -0.271. The summed E-state index contributed by atoms with van der Waals surface area (Å²) in [5.41, 5.74) is 8.52. The van der Waals surface area contributed by atoms with Gasteiger partial charge in [-0.05, 0) is 18.4 Å². The number of azide groups is 1. The summed E-state index contributed by atoms with van der Waals surface area (Å²) in [6.07, 6.45) is 24.9. The first-order valence-electron chi connectivity index (χ1n) is 14.7. The molecule has 35 heavy (non-hydrogen) atoms. The molecule has 0 aliphatic heterocycles. The number of rotatable bonds is 26. The van der Waals surface area contributed by atoms with Crippen molar-refractivity contribution in [3.63, 3.8) is 0 Å². The van der Waals surface area contributed by atoms with Gasteiger partial charge in [0.1, 0.15) is 6.54 Å². The van der Waals surface area contributed by atoms with Gasteiger partial charge in [-0.1, -0.05) is 135 Å². The van der Waals surface area contributed by atoms with Crippen LogP contribution in [0, 0.1) is 0 Å². The molecule has 0 unspecified atom stereocenters. The molecule has 2 amide bonds. The van der Waals surface area contributed by atoms with E-state index in [-0.39, 0.29) is 24.9 Å². The summed E-state index contributed by atoms with van der Waals surface area (Å²) in [5.74, 6) is -0.393. The van der Waals surface area contributed by atoms with Crippen LogP contribution in [0.15, 0.2) is 5.11 Å². The second-order valence-corrected chi connectivity index (χ2v) is 9.92. The number of nitrogens with one attached hydrogen (secondary N) is 1. The number of hydrogen-bond acceptors (Lipinski definition) is 3. The van der Waals surface area contributed by atoms with Crippen molar-refractivity contribution in [3.05, 3.63) is 10.4 Å². The van der Waals surface area contributed by atoms with E-state index in [0.29, 0.717) is 13.1 Å². The largest absolute Gasteiger partial charge is 0.355 e. The lowest BCUT2D eigenvalue weighted by molar-refractivity contribution is -0.135. The highest BCUT2D eigenvalue weighted by atomic mass is 16.2. The van der Waals surface area contributed by atoms with Crippen molar-refractivity contribution in [2.45, 2.75) is 142 Å². The van der Waals surface area contributed by atoms with E-state index in [4.69, 9.17) is 5.53 Å². The molecule has 0 aromatic carbocycles. The molecule has 7 heteroatoms. The minimum absolute atomic E-state index is 0.0506. The van der Waals surface area contributed by atoms with Gasteiger partial charge >= 0.3 is 0 Å². The van der Waals surface area contributed by atoms with Crippen molar-refractivity contribution in [2.75, 3.05) is 26.2 Å². The Morgan fingerprint density at radius 1 is 0.686 bits per heavy atom. The van der Waals surface area contributed by atoms with E-state index >= 15 is 0 Å². The molecule has 0 bridgehead atoms. The van der Waals surface area contributed by atoms with E-state index in [9.17, 15) is 9.59 Å². The third-order valence-corrected chi connectivity index (χ3v) is 6.59. The second-order valence-electron chi connectivity index (χ2n) is 9.92. The SMILES string of the molecule is CCCCCCCCCCCCNC(=O)CN(CCCCCCCCCCCC)C(=O)CN=[N+]=[N-]. The Balaban J connectivity index is 3.96.